The molecule has 1 saturated heterocycles. The molecule has 15 heavy (non-hydrogen) atoms. The molecular formula is C10H10N2O3. The molecule has 0 bridgehead atoms. The first-order valence-electron chi connectivity index (χ1n) is 4.46. The quantitative estimate of drug-likeness (QED) is 0.661. The number of carbonyl (C=O) groups excluding carboxylic acids is 2. The van der Waals surface area contributed by atoms with Crippen LogP contribution in [0, 0.1) is 0 Å². The molecule has 0 saturated carbocycles. The fourth-order valence-electron chi connectivity index (χ4n) is 1.51. The molecule has 0 aromatic heterocycles. The smallest absolute Gasteiger partial charge is 0.324 e. The third-order valence-corrected chi connectivity index (χ3v) is 2.35. The number of urea groups is 1. The molecule has 5 heteroatoms. The maximum atomic E-state index is 11.6. The van der Waals surface area contributed by atoms with Crippen LogP contribution in [0.4, 0.5) is 4.79 Å². The van der Waals surface area contributed by atoms with E-state index >= 15 is 0 Å². The second kappa shape index (κ2) is 3.27. The summed E-state index contributed by atoms with van der Waals surface area (Å²) in [6.45, 7) is 0. The molecule has 1 aliphatic rings. The Balaban J connectivity index is 2.33. The van der Waals surface area contributed by atoms with Crippen LogP contribution in [0.5, 0.6) is 5.75 Å². The molecule has 2 N–H and O–H groups in total. The van der Waals surface area contributed by atoms with Gasteiger partial charge in [-0.05, 0) is 17.7 Å². The van der Waals surface area contributed by atoms with E-state index in [1.54, 1.807) is 12.1 Å². The molecule has 1 atom stereocenters. The molecule has 0 spiro atoms. The lowest BCUT2D eigenvalue weighted by Gasteiger charge is -2.08. The van der Waals surface area contributed by atoms with E-state index < -0.39 is 12.1 Å². The van der Waals surface area contributed by atoms with Crippen molar-refractivity contribution in [2.75, 3.05) is 7.05 Å². The van der Waals surface area contributed by atoms with Gasteiger partial charge in [0.1, 0.15) is 11.8 Å². The van der Waals surface area contributed by atoms with Crippen LogP contribution < -0.4 is 5.32 Å². The van der Waals surface area contributed by atoms with Crippen LogP contribution in [-0.4, -0.2) is 29.0 Å². The van der Waals surface area contributed by atoms with Crippen LogP contribution in [0.25, 0.3) is 0 Å². The molecular weight excluding hydrogens is 196 g/mol. The molecule has 0 aliphatic carbocycles. The second-order valence-electron chi connectivity index (χ2n) is 3.37. The van der Waals surface area contributed by atoms with Crippen LogP contribution in [0.1, 0.15) is 11.6 Å². The van der Waals surface area contributed by atoms with E-state index in [0.717, 1.165) is 4.90 Å². The first kappa shape index (κ1) is 9.51. The average Bonchev–Trinajstić information content (AvgIpc) is 2.46. The summed E-state index contributed by atoms with van der Waals surface area (Å²) in [7, 11) is 1.42. The number of nitrogens with zero attached hydrogens (tertiary/aromatic N) is 1. The molecule has 1 aliphatic heterocycles. The Labute approximate surface area is 86.3 Å². The molecule has 1 aromatic rings. The van der Waals surface area contributed by atoms with Gasteiger partial charge in [-0.2, -0.15) is 0 Å². The van der Waals surface area contributed by atoms with Crippen molar-refractivity contribution < 1.29 is 14.7 Å². The Hall–Kier alpha value is -2.04. The number of likely N-dealkylation sites (N-methyl/N-ethyl adjacent to an activating group) is 1. The summed E-state index contributed by atoms with van der Waals surface area (Å²) in [5, 5.41) is 11.8. The Kier molecular flexibility index (Phi) is 2.07. The normalized spacial score (nSPS) is 20.6. The predicted molar refractivity (Wildman–Crippen MR) is 52.1 cm³/mol. The Bertz CT molecular complexity index is 430. The molecule has 0 radical (unpaired) electrons. The largest absolute Gasteiger partial charge is 0.508 e. The summed E-state index contributed by atoms with van der Waals surface area (Å²) in [6.07, 6.45) is 0. The van der Waals surface area contributed by atoms with E-state index in [4.69, 9.17) is 0 Å². The van der Waals surface area contributed by atoms with Crippen molar-refractivity contribution >= 4 is 11.9 Å². The topological polar surface area (TPSA) is 69.6 Å². The number of carbonyl (C=O) groups is 2. The van der Waals surface area contributed by atoms with Gasteiger partial charge in [0.25, 0.3) is 5.91 Å². The molecule has 78 valence electrons. The van der Waals surface area contributed by atoms with Crippen molar-refractivity contribution in [3.8, 4) is 5.75 Å². The minimum absolute atomic E-state index is 0.0732. The highest BCUT2D eigenvalue weighted by Gasteiger charge is 2.36. The van der Waals surface area contributed by atoms with Crippen LogP contribution in [0.15, 0.2) is 24.3 Å². The number of hydrogen-bond acceptors (Lipinski definition) is 3. The van der Waals surface area contributed by atoms with Gasteiger partial charge in [-0.25, -0.2) is 4.79 Å². The van der Waals surface area contributed by atoms with E-state index in [1.807, 2.05) is 0 Å². The van der Waals surface area contributed by atoms with Crippen molar-refractivity contribution in [3.05, 3.63) is 29.8 Å². The summed E-state index contributed by atoms with van der Waals surface area (Å²) in [5.74, 6) is -0.241. The Morgan fingerprint density at radius 2 is 2.13 bits per heavy atom. The highest BCUT2D eigenvalue weighted by Crippen LogP contribution is 2.23. The summed E-state index contributed by atoms with van der Waals surface area (Å²) in [4.78, 5) is 23.8. The number of amides is 3. The first-order valence-corrected chi connectivity index (χ1v) is 4.46. The van der Waals surface area contributed by atoms with Crippen molar-refractivity contribution in [2.45, 2.75) is 6.04 Å². The van der Waals surface area contributed by atoms with E-state index in [2.05, 4.69) is 5.32 Å². The molecule has 1 unspecified atom stereocenters. The van der Waals surface area contributed by atoms with Crippen molar-refractivity contribution in [3.63, 3.8) is 0 Å². The third kappa shape index (κ3) is 1.52. The van der Waals surface area contributed by atoms with Crippen molar-refractivity contribution in [1.82, 2.24) is 10.2 Å². The number of imide groups is 1. The zero-order chi connectivity index (χ0) is 11.0. The van der Waals surface area contributed by atoms with Crippen LogP contribution in [0.3, 0.4) is 0 Å². The fraction of sp³-hybridized carbons (Fsp3) is 0.200. The number of rotatable bonds is 1. The number of aromatic hydroxyl groups is 1. The molecule has 1 fully saturated rings. The summed E-state index contributed by atoms with van der Waals surface area (Å²) < 4.78 is 0. The SMILES string of the molecule is CN1C(=O)NC(c2cccc(O)c2)C1=O. The van der Waals surface area contributed by atoms with Gasteiger partial charge in [0.05, 0.1) is 0 Å². The lowest BCUT2D eigenvalue weighted by molar-refractivity contribution is -0.126. The molecule has 2 rings (SSSR count). The van der Waals surface area contributed by atoms with Crippen LogP contribution in [0.2, 0.25) is 0 Å². The number of phenolic OH excluding ortho intramolecular Hbond substituents is 1. The van der Waals surface area contributed by atoms with E-state index in [1.165, 1.54) is 19.2 Å². The number of benzene rings is 1. The van der Waals surface area contributed by atoms with Gasteiger partial charge >= 0.3 is 6.03 Å². The van der Waals surface area contributed by atoms with Crippen LogP contribution >= 0.6 is 0 Å². The Morgan fingerprint density at radius 1 is 1.40 bits per heavy atom. The highest BCUT2D eigenvalue weighted by molar-refractivity contribution is 6.04. The third-order valence-electron chi connectivity index (χ3n) is 2.35. The first-order chi connectivity index (χ1) is 7.09. The average molecular weight is 206 g/mol. The number of phenols is 1. The lowest BCUT2D eigenvalue weighted by Crippen LogP contribution is -2.25. The standard InChI is InChI=1S/C10H10N2O3/c1-12-9(14)8(11-10(12)15)6-3-2-4-7(13)5-6/h2-5,8,13H,1H3,(H,11,15). The molecule has 3 amide bonds. The van der Waals surface area contributed by atoms with Crippen LogP contribution in [-0.2, 0) is 4.79 Å². The van der Waals surface area contributed by atoms with Gasteiger partial charge in [-0.3, -0.25) is 9.69 Å². The number of nitrogens with one attached hydrogen (secondary N) is 1. The lowest BCUT2D eigenvalue weighted by atomic mass is 10.1. The van der Waals surface area contributed by atoms with Gasteiger partial charge in [0.15, 0.2) is 0 Å². The summed E-state index contributed by atoms with van der Waals surface area (Å²) >= 11 is 0. The molecule has 1 heterocycles. The van der Waals surface area contributed by atoms with E-state index in [9.17, 15) is 14.7 Å². The zero-order valence-electron chi connectivity index (χ0n) is 8.10. The number of hydrogen-bond donors (Lipinski definition) is 2. The predicted octanol–water partition coefficient (Wildman–Crippen LogP) is 0.615. The van der Waals surface area contributed by atoms with Crippen molar-refractivity contribution in [2.24, 2.45) is 0 Å². The van der Waals surface area contributed by atoms with Gasteiger partial charge in [0.2, 0.25) is 0 Å². The fourth-order valence-corrected chi connectivity index (χ4v) is 1.51. The summed E-state index contributed by atoms with van der Waals surface area (Å²) in [5.41, 5.74) is 0.581. The zero-order valence-corrected chi connectivity index (χ0v) is 8.10. The monoisotopic (exact) mass is 206 g/mol. The maximum absolute atomic E-state index is 11.6. The minimum atomic E-state index is -0.686. The minimum Gasteiger partial charge on any atom is -0.508 e. The van der Waals surface area contributed by atoms with Gasteiger partial charge in [-0.1, -0.05) is 12.1 Å². The van der Waals surface area contributed by atoms with Gasteiger partial charge in [0, 0.05) is 7.05 Å². The maximum Gasteiger partial charge on any atom is 0.324 e. The molecule has 1 aromatic carbocycles. The summed E-state index contributed by atoms with van der Waals surface area (Å²) in [6, 6.07) is 5.17. The highest BCUT2D eigenvalue weighted by atomic mass is 16.3. The van der Waals surface area contributed by atoms with Gasteiger partial charge in [-0.15, -0.1) is 0 Å². The van der Waals surface area contributed by atoms with E-state index in [-0.39, 0.29) is 11.7 Å². The van der Waals surface area contributed by atoms with E-state index in [0.29, 0.717) is 5.56 Å². The molecule has 5 nitrogen and oxygen atoms in total. The Morgan fingerprint density at radius 3 is 2.67 bits per heavy atom. The van der Waals surface area contributed by atoms with Gasteiger partial charge < -0.3 is 10.4 Å². The second-order valence-corrected chi connectivity index (χ2v) is 3.37. The van der Waals surface area contributed by atoms with Crippen molar-refractivity contribution in [1.29, 1.82) is 0 Å².